The molecule has 7 aromatic carbocycles. The molecule has 2 aromatic heterocycles. The average molecular weight is 578 g/mol. The molecule has 0 atom stereocenters. The van der Waals surface area contributed by atoms with E-state index in [2.05, 4.69) is 133 Å². The van der Waals surface area contributed by atoms with Crippen LogP contribution in [0.1, 0.15) is 0 Å². The Kier molecular flexibility index (Phi) is 5.82. The molecular weight excluding hydrogens is 550 g/mol. The molecule has 9 rings (SSSR count). The van der Waals surface area contributed by atoms with Crippen molar-refractivity contribution >= 4 is 55.3 Å². The third-order valence-corrected chi connectivity index (χ3v) is 8.65. The van der Waals surface area contributed by atoms with E-state index in [1.165, 1.54) is 11.1 Å². The molecule has 0 radical (unpaired) electrons. The van der Waals surface area contributed by atoms with E-state index in [9.17, 15) is 0 Å². The van der Waals surface area contributed by atoms with Gasteiger partial charge in [0.15, 0.2) is 0 Å². The Balaban J connectivity index is 1.14. The fourth-order valence-electron chi connectivity index (χ4n) is 6.42. The third-order valence-electron chi connectivity index (χ3n) is 8.65. The van der Waals surface area contributed by atoms with Gasteiger partial charge in [0, 0.05) is 44.5 Å². The van der Waals surface area contributed by atoms with Crippen LogP contribution in [0.2, 0.25) is 0 Å². The Morgan fingerprint density at radius 3 is 1.58 bits per heavy atom. The molecule has 0 unspecified atom stereocenters. The average Bonchev–Trinajstić information content (AvgIpc) is 3.64. The van der Waals surface area contributed by atoms with Crippen molar-refractivity contribution < 1.29 is 8.83 Å². The molecule has 0 aliphatic heterocycles. The largest absolute Gasteiger partial charge is 0.456 e. The fourth-order valence-corrected chi connectivity index (χ4v) is 6.42. The van der Waals surface area contributed by atoms with Crippen molar-refractivity contribution in [3.8, 4) is 33.4 Å². The molecule has 3 nitrogen and oxygen atoms in total. The number of para-hydroxylation sites is 2. The van der Waals surface area contributed by atoms with Crippen LogP contribution >= 0.6 is 0 Å². The second-order valence-electron chi connectivity index (χ2n) is 11.5. The molecule has 212 valence electrons. The van der Waals surface area contributed by atoms with Crippen molar-refractivity contribution in [3.05, 3.63) is 158 Å². The summed E-state index contributed by atoms with van der Waals surface area (Å²) >= 11 is 0. The highest BCUT2D eigenvalue weighted by Gasteiger charge is 2.15. The summed E-state index contributed by atoms with van der Waals surface area (Å²) < 4.78 is 12.6. The molecule has 0 spiro atoms. The van der Waals surface area contributed by atoms with E-state index in [0.717, 1.165) is 77.5 Å². The van der Waals surface area contributed by atoms with Crippen LogP contribution in [-0.2, 0) is 0 Å². The molecule has 1 N–H and O–H groups in total. The van der Waals surface area contributed by atoms with Crippen molar-refractivity contribution in [1.82, 2.24) is 0 Å². The van der Waals surface area contributed by atoms with Gasteiger partial charge in [-0.3, -0.25) is 0 Å². The number of hydrogen-bond donors (Lipinski definition) is 1. The zero-order chi connectivity index (χ0) is 29.7. The highest BCUT2D eigenvalue weighted by molar-refractivity contribution is 6.16. The number of furan rings is 2. The number of nitrogens with one attached hydrogen (secondary N) is 1. The van der Waals surface area contributed by atoms with Crippen molar-refractivity contribution in [1.29, 1.82) is 0 Å². The van der Waals surface area contributed by atoms with E-state index >= 15 is 0 Å². The summed E-state index contributed by atoms with van der Waals surface area (Å²) in [6.07, 6.45) is 0. The van der Waals surface area contributed by atoms with Crippen LogP contribution < -0.4 is 5.32 Å². The molecule has 2 heterocycles. The highest BCUT2D eigenvalue weighted by atomic mass is 16.3. The molecule has 0 amide bonds. The van der Waals surface area contributed by atoms with Gasteiger partial charge in [0.2, 0.25) is 0 Å². The summed E-state index contributed by atoms with van der Waals surface area (Å²) in [6.45, 7) is 0. The number of fused-ring (bicyclic) bond motifs is 6. The first kappa shape index (κ1) is 25.4. The van der Waals surface area contributed by atoms with Crippen LogP contribution in [0.15, 0.2) is 167 Å². The van der Waals surface area contributed by atoms with Crippen LogP contribution in [0.5, 0.6) is 0 Å². The van der Waals surface area contributed by atoms with Crippen LogP contribution in [0.25, 0.3) is 77.3 Å². The van der Waals surface area contributed by atoms with Crippen molar-refractivity contribution in [3.63, 3.8) is 0 Å². The molecule has 0 aliphatic carbocycles. The van der Waals surface area contributed by atoms with Crippen LogP contribution in [0.4, 0.5) is 11.4 Å². The van der Waals surface area contributed by atoms with Gasteiger partial charge in [0.05, 0.1) is 0 Å². The quantitative estimate of drug-likeness (QED) is 0.221. The van der Waals surface area contributed by atoms with Crippen LogP contribution in [0, 0.1) is 0 Å². The minimum Gasteiger partial charge on any atom is -0.456 e. The van der Waals surface area contributed by atoms with E-state index in [4.69, 9.17) is 8.83 Å². The monoisotopic (exact) mass is 577 g/mol. The van der Waals surface area contributed by atoms with Gasteiger partial charge in [-0.2, -0.15) is 0 Å². The lowest BCUT2D eigenvalue weighted by molar-refractivity contribution is 0.656. The van der Waals surface area contributed by atoms with E-state index < -0.39 is 0 Å². The van der Waals surface area contributed by atoms with Gasteiger partial charge in [-0.1, -0.05) is 97.1 Å². The first-order valence-corrected chi connectivity index (χ1v) is 15.2. The summed E-state index contributed by atoms with van der Waals surface area (Å²) in [5.74, 6) is 0. The van der Waals surface area contributed by atoms with E-state index in [0.29, 0.717) is 0 Å². The zero-order valence-corrected chi connectivity index (χ0v) is 24.3. The lowest BCUT2D eigenvalue weighted by Crippen LogP contribution is -1.93. The number of hydrogen-bond acceptors (Lipinski definition) is 3. The predicted octanol–water partition coefficient (Wildman–Crippen LogP) is 12.2. The topological polar surface area (TPSA) is 38.3 Å². The maximum Gasteiger partial charge on any atom is 0.139 e. The Morgan fingerprint density at radius 2 is 0.867 bits per heavy atom. The summed E-state index contributed by atoms with van der Waals surface area (Å²) in [5.41, 5.74) is 12.5. The summed E-state index contributed by atoms with van der Waals surface area (Å²) in [4.78, 5) is 0. The molecule has 9 aromatic rings. The van der Waals surface area contributed by atoms with Crippen LogP contribution in [0.3, 0.4) is 0 Å². The number of benzene rings is 7. The maximum absolute atomic E-state index is 6.34. The molecular formula is C42H27NO2. The Morgan fingerprint density at radius 1 is 0.333 bits per heavy atom. The van der Waals surface area contributed by atoms with Gasteiger partial charge < -0.3 is 14.2 Å². The number of anilines is 2. The maximum atomic E-state index is 6.34. The van der Waals surface area contributed by atoms with Gasteiger partial charge in [0.25, 0.3) is 0 Å². The van der Waals surface area contributed by atoms with E-state index in [-0.39, 0.29) is 0 Å². The minimum atomic E-state index is 0.826. The van der Waals surface area contributed by atoms with Gasteiger partial charge in [-0.25, -0.2) is 0 Å². The van der Waals surface area contributed by atoms with E-state index in [1.54, 1.807) is 0 Å². The summed E-state index contributed by atoms with van der Waals surface area (Å²) in [5, 5.41) is 7.96. The molecule has 0 aliphatic rings. The molecule has 0 bridgehead atoms. The third kappa shape index (κ3) is 4.45. The Labute approximate surface area is 260 Å². The van der Waals surface area contributed by atoms with Gasteiger partial charge in [0.1, 0.15) is 22.3 Å². The number of rotatable bonds is 5. The lowest BCUT2D eigenvalue weighted by atomic mass is 9.97. The minimum absolute atomic E-state index is 0.826. The second-order valence-corrected chi connectivity index (χ2v) is 11.5. The normalized spacial score (nSPS) is 11.6. The Hall–Kier alpha value is -6.06. The van der Waals surface area contributed by atoms with Crippen molar-refractivity contribution in [2.75, 3.05) is 5.32 Å². The Bertz CT molecular complexity index is 2510. The first-order chi connectivity index (χ1) is 22.3. The van der Waals surface area contributed by atoms with Crippen LogP contribution in [-0.4, -0.2) is 0 Å². The summed E-state index contributed by atoms with van der Waals surface area (Å²) in [7, 11) is 0. The fraction of sp³-hybridized carbons (Fsp3) is 0. The summed E-state index contributed by atoms with van der Waals surface area (Å²) in [6, 6.07) is 55.1. The lowest BCUT2D eigenvalue weighted by Gasteiger charge is -2.13. The SMILES string of the molecule is c1ccc(Nc2ccccc2-c2cccc(-c3ccc4oc5cc6oc7ccc(-c8ccccc8)cc7c6cc5c4c3)c2)cc1. The predicted molar refractivity (Wildman–Crippen MR) is 187 cm³/mol. The first-order valence-electron chi connectivity index (χ1n) is 15.2. The smallest absolute Gasteiger partial charge is 0.139 e. The molecule has 3 heteroatoms. The standard InChI is InChI=1S/C42H27NO2/c1-3-10-27(11-4-1)29-18-20-39-34(23-29)36-25-37-35-24-30(19-21-40(35)45-42(37)26-41(36)44-39)28-12-9-13-31(22-28)33-16-7-8-17-38(33)43-32-14-5-2-6-15-32/h1-26,43H. The molecule has 45 heavy (non-hydrogen) atoms. The van der Waals surface area contributed by atoms with Crippen molar-refractivity contribution in [2.45, 2.75) is 0 Å². The van der Waals surface area contributed by atoms with Gasteiger partial charge in [-0.15, -0.1) is 0 Å². The zero-order valence-electron chi connectivity index (χ0n) is 24.3. The van der Waals surface area contributed by atoms with Gasteiger partial charge >= 0.3 is 0 Å². The molecule has 0 fully saturated rings. The second kappa shape index (κ2) is 10.3. The molecule has 0 saturated carbocycles. The van der Waals surface area contributed by atoms with Gasteiger partial charge in [-0.05, 0) is 82.4 Å². The molecule has 0 saturated heterocycles. The van der Waals surface area contributed by atoms with Crippen molar-refractivity contribution in [2.24, 2.45) is 0 Å². The highest BCUT2D eigenvalue weighted by Crippen LogP contribution is 2.40. The van der Waals surface area contributed by atoms with E-state index in [1.807, 2.05) is 30.3 Å².